The van der Waals surface area contributed by atoms with Gasteiger partial charge in [-0.15, -0.1) is 0 Å². The van der Waals surface area contributed by atoms with Gasteiger partial charge in [-0.25, -0.2) is 4.99 Å². The van der Waals surface area contributed by atoms with E-state index in [0.717, 1.165) is 16.9 Å². The fourth-order valence-electron chi connectivity index (χ4n) is 2.51. The minimum atomic E-state index is -5.96. The van der Waals surface area contributed by atoms with E-state index in [1.54, 1.807) is 19.9 Å². The van der Waals surface area contributed by atoms with Crippen molar-refractivity contribution in [3.05, 3.63) is 70.8 Å². The Morgan fingerprint density at radius 3 is 1.90 bits per heavy atom. The van der Waals surface area contributed by atoms with Crippen molar-refractivity contribution in [2.24, 2.45) is 5.73 Å². The van der Waals surface area contributed by atoms with Gasteiger partial charge in [0.25, 0.3) is 11.7 Å². The Kier molecular flexibility index (Phi) is 5.96. The van der Waals surface area contributed by atoms with Crippen molar-refractivity contribution < 1.29 is 36.1 Å². The van der Waals surface area contributed by atoms with Crippen LogP contribution >= 0.6 is 0 Å². The highest BCUT2D eigenvalue weighted by atomic mass is 19.4. The number of aryl methyl sites for hydroxylation is 2. The Bertz CT molecular complexity index is 903. The fourth-order valence-corrected chi connectivity index (χ4v) is 2.51. The highest BCUT2D eigenvalue weighted by molar-refractivity contribution is 5.95. The number of nitrogens with two attached hydrogens (primary N) is 1. The monoisotopic (exact) mass is 418 g/mol. The number of amidine groups is 1. The zero-order chi connectivity index (χ0) is 22.0. The number of hydrogen-bond acceptors (Lipinski definition) is 1. The van der Waals surface area contributed by atoms with Crippen LogP contribution < -0.4 is 16.0 Å². The Morgan fingerprint density at radius 2 is 1.41 bits per heavy atom. The van der Waals surface area contributed by atoms with Gasteiger partial charge in [0.05, 0.1) is 5.56 Å². The summed E-state index contributed by atoms with van der Waals surface area (Å²) < 4.78 is 82.2. The number of carbonyl (C=O) groups is 1. The molecule has 0 aliphatic rings. The molecule has 0 bridgehead atoms. The van der Waals surface area contributed by atoms with Crippen LogP contribution in [0.25, 0.3) is 0 Å². The minimum Gasteiger partial charge on any atom is -0.296 e. The van der Waals surface area contributed by atoms with E-state index in [2.05, 4.69) is 0 Å². The second kappa shape index (κ2) is 7.76. The summed E-state index contributed by atoms with van der Waals surface area (Å²) >= 11 is 0. The molecule has 0 aliphatic carbocycles. The van der Waals surface area contributed by atoms with Crippen LogP contribution in [-0.2, 0) is 0 Å². The number of nitrogens with one attached hydrogen (secondary N) is 2. The molecule has 4 N–H and O–H groups in total. The van der Waals surface area contributed by atoms with Crippen LogP contribution in [0.1, 0.15) is 27.0 Å². The van der Waals surface area contributed by atoms with Gasteiger partial charge in [0.1, 0.15) is 0 Å². The van der Waals surface area contributed by atoms with Gasteiger partial charge in [0.2, 0.25) is 0 Å². The molecule has 0 radical (unpaired) electrons. The summed E-state index contributed by atoms with van der Waals surface area (Å²) in [4.78, 5) is 13.5. The van der Waals surface area contributed by atoms with Crippen molar-refractivity contribution in [2.75, 3.05) is 0 Å². The number of nitrogen functional groups attached to an aromatic ring is 1. The lowest BCUT2D eigenvalue weighted by Crippen LogP contribution is -3.02. The van der Waals surface area contributed by atoms with Gasteiger partial charge in [-0.3, -0.25) is 15.8 Å². The van der Waals surface area contributed by atoms with Crippen LogP contribution in [-0.4, -0.2) is 29.8 Å². The third-order valence-corrected chi connectivity index (χ3v) is 4.12. The van der Waals surface area contributed by atoms with Crippen LogP contribution in [0.4, 0.5) is 26.3 Å². The molecule has 156 valence electrons. The Labute approximate surface area is 162 Å². The molecule has 2 rings (SSSR count). The SMILES string of the molecule is Cc1ccc(C(N)=[NH+]C(NC(=O)c2cccc(C)c2)(C(F)(F)F)C(F)(F)F)cc1. The Balaban J connectivity index is 2.61. The second-order valence-corrected chi connectivity index (χ2v) is 6.47. The van der Waals surface area contributed by atoms with Crippen LogP contribution in [0.5, 0.6) is 0 Å². The number of benzene rings is 2. The van der Waals surface area contributed by atoms with Crippen molar-refractivity contribution in [2.45, 2.75) is 31.9 Å². The van der Waals surface area contributed by atoms with E-state index in [-0.39, 0.29) is 11.1 Å². The lowest BCUT2D eigenvalue weighted by Gasteiger charge is -2.32. The molecule has 0 fully saturated rings. The normalized spacial score (nSPS) is 13.3. The molecule has 29 heavy (non-hydrogen) atoms. The maximum Gasteiger partial charge on any atom is 0.462 e. The summed E-state index contributed by atoms with van der Waals surface area (Å²) in [5, 5.41) is 1.07. The number of halogens is 6. The lowest BCUT2D eigenvalue weighted by molar-refractivity contribution is -0.651. The third kappa shape index (κ3) is 4.69. The zero-order valence-corrected chi connectivity index (χ0v) is 15.4. The van der Waals surface area contributed by atoms with E-state index in [1.165, 1.54) is 41.4 Å². The van der Waals surface area contributed by atoms with Crippen LogP contribution in [0.15, 0.2) is 48.5 Å². The quantitative estimate of drug-likeness (QED) is 0.309. The van der Waals surface area contributed by atoms with Gasteiger partial charge in [0.15, 0.2) is 0 Å². The highest BCUT2D eigenvalue weighted by Crippen LogP contribution is 2.38. The molecule has 1 amide bonds. The summed E-state index contributed by atoms with van der Waals surface area (Å²) in [6.07, 6.45) is -11.9. The predicted molar refractivity (Wildman–Crippen MR) is 93.9 cm³/mol. The summed E-state index contributed by atoms with van der Waals surface area (Å²) in [6.45, 7) is 3.23. The van der Waals surface area contributed by atoms with Crippen molar-refractivity contribution in [3.8, 4) is 0 Å². The average molecular weight is 418 g/mol. The Hall–Kier alpha value is -3.04. The largest absolute Gasteiger partial charge is 0.462 e. The van der Waals surface area contributed by atoms with Gasteiger partial charge < -0.3 is 0 Å². The third-order valence-electron chi connectivity index (χ3n) is 4.12. The number of amides is 1. The topological polar surface area (TPSA) is 69.1 Å². The molecule has 4 nitrogen and oxygen atoms in total. The zero-order valence-electron chi connectivity index (χ0n) is 15.4. The fraction of sp³-hybridized carbons (Fsp3) is 0.263. The van der Waals surface area contributed by atoms with Crippen molar-refractivity contribution in [1.29, 1.82) is 0 Å². The molecule has 0 spiro atoms. The van der Waals surface area contributed by atoms with Gasteiger partial charge in [-0.1, -0.05) is 35.4 Å². The van der Waals surface area contributed by atoms with Crippen molar-refractivity contribution >= 4 is 11.7 Å². The van der Waals surface area contributed by atoms with Crippen molar-refractivity contribution in [3.63, 3.8) is 0 Å². The van der Waals surface area contributed by atoms with Crippen molar-refractivity contribution in [1.82, 2.24) is 5.32 Å². The molecular formula is C19H18F6N3O+. The molecule has 0 unspecified atom stereocenters. The van der Waals surface area contributed by atoms with Gasteiger partial charge in [-0.2, -0.15) is 26.3 Å². The maximum absolute atomic E-state index is 13.7. The number of carbonyl (C=O) groups excluding carboxylic acids is 1. The second-order valence-electron chi connectivity index (χ2n) is 6.47. The summed E-state index contributed by atoms with van der Waals surface area (Å²) in [6, 6.07) is 10.6. The van der Waals surface area contributed by atoms with E-state index in [1.807, 2.05) is 0 Å². The molecule has 0 saturated heterocycles. The molecule has 0 aliphatic heterocycles. The van der Waals surface area contributed by atoms with E-state index in [4.69, 9.17) is 5.73 Å². The molecule has 0 aromatic heterocycles. The first-order valence-corrected chi connectivity index (χ1v) is 8.27. The summed E-state index contributed by atoms with van der Waals surface area (Å²) in [5.74, 6) is -2.46. The smallest absolute Gasteiger partial charge is 0.296 e. The predicted octanol–water partition coefficient (Wildman–Crippen LogP) is 2.34. The summed E-state index contributed by atoms with van der Waals surface area (Å²) in [7, 11) is 0. The van der Waals surface area contributed by atoms with Crippen LogP contribution in [0, 0.1) is 13.8 Å². The number of alkyl halides is 6. The molecule has 0 saturated carbocycles. The van der Waals surface area contributed by atoms with E-state index >= 15 is 0 Å². The summed E-state index contributed by atoms with van der Waals surface area (Å²) in [5.41, 5.74) is 1.48. The van der Waals surface area contributed by atoms with Crippen LogP contribution in [0.3, 0.4) is 0 Å². The lowest BCUT2D eigenvalue weighted by atomic mass is 10.1. The van der Waals surface area contributed by atoms with Gasteiger partial charge in [0, 0.05) is 5.56 Å². The van der Waals surface area contributed by atoms with Gasteiger partial charge >= 0.3 is 18.0 Å². The number of hydrogen-bond donors (Lipinski definition) is 3. The van der Waals surface area contributed by atoms with E-state index < -0.39 is 29.8 Å². The standard InChI is InChI=1S/C19H17F6N3O/c1-11-6-8-13(9-7-11)15(26)27-17(18(20,21)22,19(23,24)25)28-16(29)14-5-3-4-12(2)10-14/h3-10H,1-2H3,(H2,26,27)(H,28,29)/p+1. The molecule has 0 heterocycles. The first kappa shape index (κ1) is 22.3. The molecule has 0 atom stereocenters. The molecular weight excluding hydrogens is 400 g/mol. The molecule has 10 heteroatoms. The first-order chi connectivity index (χ1) is 13.3. The van der Waals surface area contributed by atoms with E-state index in [0.29, 0.717) is 5.56 Å². The highest BCUT2D eigenvalue weighted by Gasteiger charge is 2.75. The maximum atomic E-state index is 13.7. The van der Waals surface area contributed by atoms with Gasteiger partial charge in [-0.05, 0) is 38.1 Å². The average Bonchev–Trinajstić information content (AvgIpc) is 2.59. The Morgan fingerprint density at radius 1 is 0.862 bits per heavy atom. The number of rotatable bonds is 4. The van der Waals surface area contributed by atoms with Crippen LogP contribution in [0.2, 0.25) is 0 Å². The first-order valence-electron chi connectivity index (χ1n) is 8.27. The van der Waals surface area contributed by atoms with E-state index in [9.17, 15) is 31.1 Å². The molecule has 2 aromatic carbocycles. The minimum absolute atomic E-state index is 0.0988. The molecule has 2 aromatic rings.